The molecule has 2 rings (SSSR count). The molecule has 0 bridgehead atoms. The fourth-order valence-electron chi connectivity index (χ4n) is 3.43. The van der Waals surface area contributed by atoms with Gasteiger partial charge in [-0.05, 0) is 44.9 Å². The Hall–Kier alpha value is -0.830. The summed E-state index contributed by atoms with van der Waals surface area (Å²) in [7, 11) is 2.02. The van der Waals surface area contributed by atoms with Gasteiger partial charge in [0.15, 0.2) is 0 Å². The SMILES string of the molecule is Cc1nn(C)c(C)c1CNC1CC(C)CC(C)C1. The van der Waals surface area contributed by atoms with E-state index in [0.717, 1.165) is 18.4 Å². The molecule has 0 aromatic carbocycles. The van der Waals surface area contributed by atoms with Crippen LogP contribution >= 0.6 is 0 Å². The van der Waals surface area contributed by atoms with Gasteiger partial charge in [0.1, 0.15) is 0 Å². The van der Waals surface area contributed by atoms with Crippen LogP contribution in [0.15, 0.2) is 0 Å². The van der Waals surface area contributed by atoms with Crippen molar-refractivity contribution >= 4 is 0 Å². The second-order valence-corrected chi connectivity index (χ2v) is 6.27. The second kappa shape index (κ2) is 5.43. The van der Waals surface area contributed by atoms with E-state index >= 15 is 0 Å². The summed E-state index contributed by atoms with van der Waals surface area (Å²) in [6, 6.07) is 0.683. The van der Waals surface area contributed by atoms with Crippen molar-refractivity contribution in [3.8, 4) is 0 Å². The molecule has 0 spiro atoms. The lowest BCUT2D eigenvalue weighted by atomic mass is 9.80. The summed E-state index contributed by atoms with van der Waals surface area (Å²) in [4.78, 5) is 0. The molecule has 0 radical (unpaired) electrons. The van der Waals surface area contributed by atoms with Gasteiger partial charge in [0.05, 0.1) is 5.69 Å². The predicted molar refractivity (Wildman–Crippen MR) is 75.5 cm³/mol. The first-order chi connectivity index (χ1) is 8.47. The Balaban J connectivity index is 1.95. The first-order valence-corrected chi connectivity index (χ1v) is 7.19. The van der Waals surface area contributed by atoms with Crippen LogP contribution in [-0.4, -0.2) is 15.8 Å². The number of hydrogen-bond acceptors (Lipinski definition) is 2. The Morgan fingerprint density at radius 1 is 1.17 bits per heavy atom. The summed E-state index contributed by atoms with van der Waals surface area (Å²) in [5, 5.41) is 8.22. The molecule has 2 atom stereocenters. The Labute approximate surface area is 111 Å². The van der Waals surface area contributed by atoms with E-state index in [9.17, 15) is 0 Å². The molecule has 1 fully saturated rings. The lowest BCUT2D eigenvalue weighted by Gasteiger charge is -2.32. The van der Waals surface area contributed by atoms with Crippen LogP contribution in [0.4, 0.5) is 0 Å². The highest BCUT2D eigenvalue weighted by molar-refractivity contribution is 5.24. The zero-order valence-corrected chi connectivity index (χ0v) is 12.5. The van der Waals surface area contributed by atoms with Crippen LogP contribution in [0.2, 0.25) is 0 Å². The molecule has 1 aromatic heterocycles. The van der Waals surface area contributed by atoms with E-state index in [4.69, 9.17) is 0 Å². The third-order valence-electron chi connectivity index (χ3n) is 4.40. The van der Waals surface area contributed by atoms with Gasteiger partial charge in [-0.3, -0.25) is 4.68 Å². The molecule has 1 aliphatic carbocycles. The maximum atomic E-state index is 4.48. The van der Waals surface area contributed by atoms with Crippen molar-refractivity contribution in [2.24, 2.45) is 18.9 Å². The first kappa shape index (κ1) is 13.6. The van der Waals surface area contributed by atoms with Crippen molar-refractivity contribution in [1.29, 1.82) is 0 Å². The molecule has 3 nitrogen and oxygen atoms in total. The maximum Gasteiger partial charge on any atom is 0.0641 e. The summed E-state index contributed by atoms with van der Waals surface area (Å²) >= 11 is 0. The molecule has 2 unspecified atom stereocenters. The highest BCUT2D eigenvalue weighted by atomic mass is 15.3. The van der Waals surface area contributed by atoms with Crippen LogP contribution in [0.1, 0.15) is 50.1 Å². The van der Waals surface area contributed by atoms with Crippen molar-refractivity contribution in [1.82, 2.24) is 15.1 Å². The summed E-state index contributed by atoms with van der Waals surface area (Å²) in [5.74, 6) is 1.73. The Morgan fingerprint density at radius 2 is 1.78 bits per heavy atom. The molecule has 1 heterocycles. The summed E-state index contributed by atoms with van der Waals surface area (Å²) < 4.78 is 1.98. The van der Waals surface area contributed by atoms with Crippen molar-refractivity contribution in [3.63, 3.8) is 0 Å². The molecule has 3 heteroatoms. The topological polar surface area (TPSA) is 29.9 Å². The Bertz CT molecular complexity index is 398. The second-order valence-electron chi connectivity index (χ2n) is 6.27. The van der Waals surface area contributed by atoms with Gasteiger partial charge >= 0.3 is 0 Å². The average Bonchev–Trinajstić information content (AvgIpc) is 2.50. The number of rotatable bonds is 3. The van der Waals surface area contributed by atoms with Crippen LogP contribution < -0.4 is 5.32 Å². The van der Waals surface area contributed by atoms with E-state index in [-0.39, 0.29) is 0 Å². The number of nitrogens with one attached hydrogen (secondary N) is 1. The van der Waals surface area contributed by atoms with Gasteiger partial charge in [-0.15, -0.1) is 0 Å². The molecule has 1 aliphatic rings. The standard InChI is InChI=1S/C15H27N3/c1-10-6-11(2)8-14(7-10)16-9-15-12(3)17-18(5)13(15)4/h10-11,14,16H,6-9H2,1-5H3. The van der Waals surface area contributed by atoms with Crippen LogP contribution in [0, 0.1) is 25.7 Å². The smallest absolute Gasteiger partial charge is 0.0641 e. The molecule has 0 saturated heterocycles. The van der Waals surface area contributed by atoms with Crippen molar-refractivity contribution in [2.75, 3.05) is 0 Å². The predicted octanol–water partition coefficient (Wildman–Crippen LogP) is 2.95. The number of hydrogen-bond donors (Lipinski definition) is 1. The van der Waals surface area contributed by atoms with E-state index in [1.807, 2.05) is 11.7 Å². The average molecular weight is 249 g/mol. The van der Waals surface area contributed by atoms with Crippen LogP contribution in [0.3, 0.4) is 0 Å². The van der Waals surface area contributed by atoms with Crippen LogP contribution in [0.5, 0.6) is 0 Å². The molecule has 1 aromatic rings. The van der Waals surface area contributed by atoms with Gasteiger partial charge in [0.25, 0.3) is 0 Å². The van der Waals surface area contributed by atoms with Crippen molar-refractivity contribution < 1.29 is 0 Å². The van der Waals surface area contributed by atoms with Crippen LogP contribution in [0.25, 0.3) is 0 Å². The normalized spacial score (nSPS) is 28.6. The largest absolute Gasteiger partial charge is 0.310 e. The zero-order valence-electron chi connectivity index (χ0n) is 12.5. The molecule has 0 aliphatic heterocycles. The zero-order chi connectivity index (χ0) is 13.3. The minimum Gasteiger partial charge on any atom is -0.310 e. The van der Waals surface area contributed by atoms with E-state index in [1.165, 1.54) is 36.2 Å². The number of nitrogens with zero attached hydrogens (tertiary/aromatic N) is 2. The summed E-state index contributed by atoms with van der Waals surface area (Å²) in [5.41, 5.74) is 3.83. The van der Waals surface area contributed by atoms with Gasteiger partial charge in [-0.2, -0.15) is 5.10 Å². The lowest BCUT2D eigenvalue weighted by Crippen LogP contribution is -2.36. The molecular formula is C15H27N3. The first-order valence-electron chi connectivity index (χ1n) is 7.19. The molecule has 102 valence electrons. The van der Waals surface area contributed by atoms with E-state index in [2.05, 4.69) is 38.1 Å². The van der Waals surface area contributed by atoms with E-state index in [0.29, 0.717) is 6.04 Å². The minimum atomic E-state index is 0.683. The van der Waals surface area contributed by atoms with Crippen molar-refractivity contribution in [3.05, 3.63) is 17.0 Å². The number of aryl methyl sites for hydroxylation is 2. The molecule has 0 amide bonds. The summed E-state index contributed by atoms with van der Waals surface area (Å²) in [6.07, 6.45) is 4.04. The Kier molecular flexibility index (Phi) is 4.10. The van der Waals surface area contributed by atoms with Gasteiger partial charge in [-0.1, -0.05) is 13.8 Å². The molecule has 18 heavy (non-hydrogen) atoms. The van der Waals surface area contributed by atoms with E-state index < -0.39 is 0 Å². The Morgan fingerprint density at radius 3 is 2.28 bits per heavy atom. The van der Waals surface area contributed by atoms with Gasteiger partial charge < -0.3 is 5.32 Å². The maximum absolute atomic E-state index is 4.48. The van der Waals surface area contributed by atoms with Gasteiger partial charge in [0, 0.05) is 30.9 Å². The molecule has 1 N–H and O–H groups in total. The third-order valence-corrected chi connectivity index (χ3v) is 4.40. The van der Waals surface area contributed by atoms with Crippen LogP contribution in [-0.2, 0) is 13.6 Å². The molecule has 1 saturated carbocycles. The quantitative estimate of drug-likeness (QED) is 0.892. The summed E-state index contributed by atoms with van der Waals surface area (Å²) in [6.45, 7) is 9.99. The number of aromatic nitrogens is 2. The minimum absolute atomic E-state index is 0.683. The third kappa shape index (κ3) is 2.94. The highest BCUT2D eigenvalue weighted by Gasteiger charge is 2.23. The van der Waals surface area contributed by atoms with E-state index in [1.54, 1.807) is 0 Å². The fraction of sp³-hybridized carbons (Fsp3) is 0.800. The monoisotopic (exact) mass is 249 g/mol. The highest BCUT2D eigenvalue weighted by Crippen LogP contribution is 2.28. The lowest BCUT2D eigenvalue weighted by molar-refractivity contribution is 0.238. The van der Waals surface area contributed by atoms with Gasteiger partial charge in [0.2, 0.25) is 0 Å². The van der Waals surface area contributed by atoms with Gasteiger partial charge in [-0.25, -0.2) is 0 Å². The molecular weight excluding hydrogens is 222 g/mol. The van der Waals surface area contributed by atoms with Crippen molar-refractivity contribution in [2.45, 2.75) is 59.5 Å². The fourth-order valence-corrected chi connectivity index (χ4v) is 3.43.